The standard InChI is InChI=1S/C27H27N5O2S/c1-14-8-6-7-9-21(14)28-20-12-10-19(11-13-20)24-22-15(2)17(4)35-26(22)32-18(5)30-31-25(32)23(29-24)16(3)27(33)34/h6-13,16,23,28H,1-5H3,(H,33,34)/t16-,23?/m0/s1. The summed E-state index contributed by atoms with van der Waals surface area (Å²) in [5, 5.41) is 23.0. The molecule has 0 aliphatic carbocycles. The molecule has 0 bridgehead atoms. The fourth-order valence-corrected chi connectivity index (χ4v) is 5.61. The molecule has 0 saturated heterocycles. The van der Waals surface area contributed by atoms with Gasteiger partial charge in [-0.15, -0.1) is 21.5 Å². The number of aliphatic carboxylic acids is 1. The van der Waals surface area contributed by atoms with Crippen LogP contribution in [0.4, 0.5) is 11.4 Å². The molecule has 2 aromatic heterocycles. The molecule has 1 aliphatic heterocycles. The first-order valence-electron chi connectivity index (χ1n) is 11.5. The number of nitrogens with zero attached hydrogens (tertiary/aromatic N) is 4. The molecule has 3 heterocycles. The van der Waals surface area contributed by atoms with Gasteiger partial charge < -0.3 is 10.4 Å². The number of para-hydroxylation sites is 1. The summed E-state index contributed by atoms with van der Waals surface area (Å²) in [6.07, 6.45) is 0. The van der Waals surface area contributed by atoms with E-state index >= 15 is 0 Å². The van der Waals surface area contributed by atoms with Gasteiger partial charge in [-0.1, -0.05) is 30.3 Å². The van der Waals surface area contributed by atoms with Crippen molar-refractivity contribution >= 4 is 34.4 Å². The van der Waals surface area contributed by atoms with Crippen molar-refractivity contribution in [2.24, 2.45) is 10.9 Å². The summed E-state index contributed by atoms with van der Waals surface area (Å²) < 4.78 is 1.98. The first-order valence-corrected chi connectivity index (χ1v) is 12.3. The Morgan fingerprint density at radius 3 is 2.46 bits per heavy atom. The first-order chi connectivity index (χ1) is 16.8. The summed E-state index contributed by atoms with van der Waals surface area (Å²) in [7, 11) is 0. The lowest BCUT2D eigenvalue weighted by Crippen LogP contribution is -2.21. The SMILES string of the molecule is Cc1ccccc1Nc1ccc(C2=NC([C@H](C)C(=O)O)c3nnc(C)n3-c3sc(C)c(C)c32)cc1. The number of hydrogen-bond donors (Lipinski definition) is 2. The van der Waals surface area contributed by atoms with Crippen LogP contribution < -0.4 is 5.32 Å². The van der Waals surface area contributed by atoms with Gasteiger partial charge >= 0.3 is 5.97 Å². The minimum Gasteiger partial charge on any atom is -0.481 e. The van der Waals surface area contributed by atoms with Crippen LogP contribution in [0.2, 0.25) is 0 Å². The number of fused-ring (bicyclic) bond motifs is 3. The van der Waals surface area contributed by atoms with Crippen LogP contribution in [-0.2, 0) is 4.79 Å². The summed E-state index contributed by atoms with van der Waals surface area (Å²) in [4.78, 5) is 18.3. The molecular weight excluding hydrogens is 458 g/mol. The third-order valence-electron chi connectivity index (χ3n) is 6.63. The first kappa shape index (κ1) is 23.0. The molecule has 8 heteroatoms. The number of carboxylic acid groups (broad SMARTS) is 1. The highest BCUT2D eigenvalue weighted by Crippen LogP contribution is 2.40. The molecule has 0 saturated carbocycles. The second-order valence-corrected chi connectivity index (χ2v) is 10.2. The minimum atomic E-state index is -0.916. The van der Waals surface area contributed by atoms with Crippen molar-refractivity contribution in [3.8, 4) is 5.00 Å². The van der Waals surface area contributed by atoms with Gasteiger partial charge in [-0.05, 0) is 63.9 Å². The summed E-state index contributed by atoms with van der Waals surface area (Å²) in [6, 6.07) is 15.6. The quantitative estimate of drug-likeness (QED) is 0.366. The number of nitrogens with one attached hydrogen (secondary N) is 1. The summed E-state index contributed by atoms with van der Waals surface area (Å²) in [5.74, 6) is -0.391. The van der Waals surface area contributed by atoms with Crippen LogP contribution in [0.3, 0.4) is 0 Å². The van der Waals surface area contributed by atoms with E-state index in [1.54, 1.807) is 18.3 Å². The third-order valence-corrected chi connectivity index (χ3v) is 7.83. The van der Waals surface area contributed by atoms with E-state index in [1.807, 2.05) is 47.9 Å². The number of anilines is 2. The van der Waals surface area contributed by atoms with Crippen LogP contribution in [0.5, 0.6) is 0 Å². The van der Waals surface area contributed by atoms with E-state index in [2.05, 4.69) is 48.4 Å². The maximum absolute atomic E-state index is 12.0. The molecule has 2 aromatic carbocycles. The predicted molar refractivity (Wildman–Crippen MR) is 140 cm³/mol. The van der Waals surface area contributed by atoms with Gasteiger partial charge in [0, 0.05) is 27.4 Å². The van der Waals surface area contributed by atoms with Crippen LogP contribution >= 0.6 is 11.3 Å². The van der Waals surface area contributed by atoms with E-state index in [1.165, 1.54) is 10.4 Å². The number of carbonyl (C=O) groups is 1. The summed E-state index contributed by atoms with van der Waals surface area (Å²) in [6.45, 7) is 9.83. The maximum Gasteiger partial charge on any atom is 0.308 e. The number of aromatic nitrogens is 3. The Labute approximate surface area is 208 Å². The maximum atomic E-state index is 12.0. The molecule has 4 aromatic rings. The molecule has 0 spiro atoms. The zero-order valence-electron chi connectivity index (χ0n) is 20.3. The van der Waals surface area contributed by atoms with E-state index < -0.39 is 17.9 Å². The van der Waals surface area contributed by atoms with Gasteiger partial charge in [-0.3, -0.25) is 14.4 Å². The van der Waals surface area contributed by atoms with Gasteiger partial charge in [0.2, 0.25) is 0 Å². The van der Waals surface area contributed by atoms with Crippen molar-refractivity contribution in [2.75, 3.05) is 5.32 Å². The van der Waals surface area contributed by atoms with Crippen LogP contribution in [0.1, 0.15) is 51.7 Å². The van der Waals surface area contributed by atoms with E-state index in [0.29, 0.717) is 5.82 Å². The Kier molecular flexibility index (Phi) is 5.76. The average Bonchev–Trinajstić information content (AvgIpc) is 3.30. The average molecular weight is 486 g/mol. The Morgan fingerprint density at radius 1 is 1.06 bits per heavy atom. The predicted octanol–water partition coefficient (Wildman–Crippen LogP) is 5.92. The smallest absolute Gasteiger partial charge is 0.308 e. The molecule has 35 heavy (non-hydrogen) atoms. The van der Waals surface area contributed by atoms with Gasteiger partial charge in [0.25, 0.3) is 0 Å². The highest BCUT2D eigenvalue weighted by atomic mass is 32.1. The van der Waals surface area contributed by atoms with E-state index in [0.717, 1.165) is 44.6 Å². The Balaban J connectivity index is 1.64. The molecule has 2 N–H and O–H groups in total. The van der Waals surface area contributed by atoms with E-state index in [9.17, 15) is 9.90 Å². The lowest BCUT2D eigenvalue weighted by atomic mass is 9.98. The van der Waals surface area contributed by atoms with Crippen molar-refractivity contribution in [3.05, 3.63) is 87.3 Å². The van der Waals surface area contributed by atoms with Crippen LogP contribution in [0.15, 0.2) is 53.5 Å². The Morgan fingerprint density at radius 2 is 1.77 bits per heavy atom. The molecule has 0 amide bonds. The van der Waals surface area contributed by atoms with Crippen molar-refractivity contribution in [1.29, 1.82) is 0 Å². The van der Waals surface area contributed by atoms with Crippen molar-refractivity contribution < 1.29 is 9.90 Å². The van der Waals surface area contributed by atoms with E-state index in [4.69, 9.17) is 4.99 Å². The van der Waals surface area contributed by atoms with Gasteiger partial charge in [0.1, 0.15) is 16.9 Å². The normalized spacial score (nSPS) is 15.6. The highest BCUT2D eigenvalue weighted by Gasteiger charge is 2.36. The van der Waals surface area contributed by atoms with Crippen molar-refractivity contribution in [1.82, 2.24) is 14.8 Å². The molecular formula is C27H27N5O2S. The molecule has 1 aliphatic rings. The topological polar surface area (TPSA) is 92.4 Å². The van der Waals surface area contributed by atoms with Crippen molar-refractivity contribution in [2.45, 2.75) is 40.7 Å². The van der Waals surface area contributed by atoms with Crippen LogP contribution in [0, 0.1) is 33.6 Å². The number of benzene rings is 2. The lowest BCUT2D eigenvalue weighted by molar-refractivity contribution is -0.141. The fourth-order valence-electron chi connectivity index (χ4n) is 4.40. The van der Waals surface area contributed by atoms with Crippen LogP contribution in [0.25, 0.3) is 5.00 Å². The molecule has 1 unspecified atom stereocenters. The number of hydrogen-bond acceptors (Lipinski definition) is 6. The monoisotopic (exact) mass is 485 g/mol. The van der Waals surface area contributed by atoms with Gasteiger partial charge in [0.15, 0.2) is 5.82 Å². The van der Waals surface area contributed by atoms with Gasteiger partial charge in [-0.2, -0.15) is 0 Å². The zero-order valence-corrected chi connectivity index (χ0v) is 21.1. The highest BCUT2D eigenvalue weighted by molar-refractivity contribution is 7.15. The lowest BCUT2D eigenvalue weighted by Gasteiger charge is -2.16. The third kappa shape index (κ3) is 3.93. The molecule has 0 fully saturated rings. The summed E-state index contributed by atoms with van der Waals surface area (Å²) in [5.41, 5.74) is 7.06. The van der Waals surface area contributed by atoms with Gasteiger partial charge in [-0.25, -0.2) is 0 Å². The Bertz CT molecular complexity index is 1470. The number of thiophene rings is 1. The van der Waals surface area contributed by atoms with Gasteiger partial charge in [0.05, 0.1) is 11.6 Å². The number of aryl methyl sites for hydroxylation is 3. The second-order valence-electron chi connectivity index (χ2n) is 8.97. The summed E-state index contributed by atoms with van der Waals surface area (Å²) >= 11 is 1.66. The molecule has 178 valence electrons. The number of carboxylic acids is 1. The largest absolute Gasteiger partial charge is 0.481 e. The Hall–Kier alpha value is -3.78. The van der Waals surface area contributed by atoms with Crippen molar-refractivity contribution in [3.63, 3.8) is 0 Å². The molecule has 0 radical (unpaired) electrons. The minimum absolute atomic E-state index is 0.563. The molecule has 7 nitrogen and oxygen atoms in total. The molecule has 5 rings (SSSR count). The van der Waals surface area contributed by atoms with Crippen LogP contribution in [-0.4, -0.2) is 31.6 Å². The number of aliphatic imine (C=N–C) groups is 1. The second kappa shape index (κ2) is 8.78. The number of rotatable bonds is 5. The fraction of sp³-hybridized carbons (Fsp3) is 0.259. The van der Waals surface area contributed by atoms with E-state index in [-0.39, 0.29) is 0 Å². The zero-order chi connectivity index (χ0) is 24.9. The molecule has 2 atom stereocenters.